The van der Waals surface area contributed by atoms with Gasteiger partial charge in [-0.25, -0.2) is 15.4 Å². The Kier molecular flexibility index (Phi) is 1.83. The first-order valence-electron chi connectivity index (χ1n) is 6.68. The van der Waals surface area contributed by atoms with Crippen LogP contribution in [-0.2, 0) is 5.41 Å². The molecule has 0 amide bonds. The minimum atomic E-state index is 0.102. The normalized spacial score (nSPS) is 36.1. The van der Waals surface area contributed by atoms with E-state index in [0.29, 0.717) is 0 Å². The third-order valence-corrected chi connectivity index (χ3v) is 4.95. The summed E-state index contributed by atoms with van der Waals surface area (Å²) in [5.74, 6) is 0. The zero-order valence-corrected chi connectivity index (χ0v) is 11.1. The molecule has 3 aliphatic rings. The van der Waals surface area contributed by atoms with Crippen molar-refractivity contribution in [1.82, 2.24) is 15.4 Å². The minimum absolute atomic E-state index is 0.102. The van der Waals surface area contributed by atoms with Crippen LogP contribution in [-0.4, -0.2) is 15.5 Å². The molecular formula is C14H17N5. The quantitative estimate of drug-likeness (QED) is 0.795. The molecule has 0 saturated heterocycles. The Hall–Kier alpha value is -1.88. The van der Waals surface area contributed by atoms with Gasteiger partial charge in [-0.1, -0.05) is 13.8 Å². The summed E-state index contributed by atoms with van der Waals surface area (Å²) in [7, 11) is 0. The summed E-state index contributed by atoms with van der Waals surface area (Å²) in [4.78, 5) is 8.94. The van der Waals surface area contributed by atoms with Crippen molar-refractivity contribution < 1.29 is 0 Å². The minimum Gasteiger partial charge on any atom is -0.403 e. The van der Waals surface area contributed by atoms with Crippen LogP contribution in [0, 0.1) is 0 Å². The Morgan fingerprint density at radius 1 is 1.47 bits per heavy atom. The van der Waals surface area contributed by atoms with E-state index in [0.717, 1.165) is 35.6 Å². The van der Waals surface area contributed by atoms with Gasteiger partial charge in [-0.2, -0.15) is 0 Å². The van der Waals surface area contributed by atoms with Crippen molar-refractivity contribution >= 4 is 11.8 Å². The zero-order chi connectivity index (χ0) is 13.3. The van der Waals surface area contributed by atoms with Crippen LogP contribution in [0.4, 0.5) is 5.69 Å². The van der Waals surface area contributed by atoms with Crippen LogP contribution in [0.2, 0.25) is 0 Å². The molecule has 3 heterocycles. The molecule has 0 spiro atoms. The van der Waals surface area contributed by atoms with Gasteiger partial charge in [0.15, 0.2) is 0 Å². The molecule has 1 aromatic heterocycles. The summed E-state index contributed by atoms with van der Waals surface area (Å²) in [5.41, 5.74) is 13.7. The summed E-state index contributed by atoms with van der Waals surface area (Å²) in [5, 5.41) is 2.06. The Labute approximate surface area is 112 Å². The smallest absolute Gasteiger partial charge is 0.116 e. The fourth-order valence-electron chi connectivity index (χ4n) is 3.60. The van der Waals surface area contributed by atoms with Crippen LogP contribution in [0.15, 0.2) is 24.3 Å². The highest BCUT2D eigenvalue weighted by molar-refractivity contribution is 5.78. The van der Waals surface area contributed by atoms with Crippen LogP contribution >= 0.6 is 0 Å². The Balaban J connectivity index is 1.99. The highest BCUT2D eigenvalue weighted by Crippen LogP contribution is 2.63. The molecule has 2 aliphatic heterocycles. The number of hydrazine groups is 1. The number of allylic oxidation sites excluding steroid dienone is 1. The maximum Gasteiger partial charge on any atom is 0.116 e. The van der Waals surface area contributed by atoms with Crippen molar-refractivity contribution in [3.05, 3.63) is 35.7 Å². The lowest BCUT2D eigenvalue weighted by Crippen LogP contribution is -2.54. The molecular weight excluding hydrogens is 238 g/mol. The molecule has 2 atom stereocenters. The van der Waals surface area contributed by atoms with E-state index >= 15 is 0 Å². The van der Waals surface area contributed by atoms with Crippen LogP contribution in [0.25, 0.3) is 6.08 Å². The van der Waals surface area contributed by atoms with Gasteiger partial charge in [0.05, 0.1) is 17.1 Å². The topological polar surface area (TPSA) is 67.1 Å². The lowest BCUT2D eigenvalue weighted by Gasteiger charge is -2.41. The number of nitrogens with two attached hydrogens (primary N) is 1. The molecule has 4 rings (SSSR count). The van der Waals surface area contributed by atoms with E-state index in [-0.39, 0.29) is 11.0 Å². The SMILES string of the molecule is CCC12CC1(C)c1ncnc3c1N(N2)/C(=C\N)C=C3. The largest absolute Gasteiger partial charge is 0.403 e. The third-order valence-electron chi connectivity index (χ3n) is 4.95. The first-order chi connectivity index (χ1) is 9.15. The fourth-order valence-corrected chi connectivity index (χ4v) is 3.60. The van der Waals surface area contributed by atoms with Crippen molar-refractivity contribution in [3.8, 4) is 0 Å². The number of hydrogen-bond donors (Lipinski definition) is 2. The standard InChI is InChI=1S/C14H17N5/c1-3-14-7-13(14,2)12-11-10(16-8-17-12)5-4-9(6-15)19(11)18-14/h4-6,8,18H,3,7,15H2,1-2H3/b9-6-. The van der Waals surface area contributed by atoms with Gasteiger partial charge in [-0.3, -0.25) is 5.01 Å². The number of nitrogens with one attached hydrogen (secondary N) is 1. The van der Waals surface area contributed by atoms with E-state index in [4.69, 9.17) is 5.73 Å². The predicted octanol–water partition coefficient (Wildman–Crippen LogP) is 1.44. The van der Waals surface area contributed by atoms with Gasteiger partial charge in [-0.05, 0) is 25.0 Å². The van der Waals surface area contributed by atoms with Crippen LogP contribution in [0.5, 0.6) is 0 Å². The summed E-state index contributed by atoms with van der Waals surface area (Å²) >= 11 is 0. The molecule has 1 aromatic rings. The highest BCUT2D eigenvalue weighted by atomic mass is 15.6. The number of anilines is 1. The molecule has 5 nitrogen and oxygen atoms in total. The molecule has 1 aliphatic carbocycles. The average Bonchev–Trinajstić information content (AvgIpc) is 3.07. The monoisotopic (exact) mass is 255 g/mol. The number of hydrogen-bond acceptors (Lipinski definition) is 5. The average molecular weight is 255 g/mol. The van der Waals surface area contributed by atoms with Gasteiger partial charge in [0.2, 0.25) is 0 Å². The van der Waals surface area contributed by atoms with Gasteiger partial charge >= 0.3 is 0 Å². The second kappa shape index (κ2) is 3.17. The molecule has 0 aromatic carbocycles. The highest BCUT2D eigenvalue weighted by Gasteiger charge is 2.69. The van der Waals surface area contributed by atoms with Crippen LogP contribution < -0.4 is 16.2 Å². The predicted molar refractivity (Wildman–Crippen MR) is 73.9 cm³/mol. The summed E-state index contributed by atoms with van der Waals surface area (Å²) in [6.07, 6.45) is 9.46. The second-order valence-electron chi connectivity index (χ2n) is 5.77. The maximum absolute atomic E-state index is 5.74. The van der Waals surface area contributed by atoms with E-state index < -0.39 is 0 Å². The van der Waals surface area contributed by atoms with Gasteiger partial charge in [-0.15, -0.1) is 0 Å². The molecule has 1 saturated carbocycles. The Morgan fingerprint density at radius 2 is 2.32 bits per heavy atom. The van der Waals surface area contributed by atoms with Crippen molar-refractivity contribution in [2.45, 2.75) is 37.6 Å². The molecule has 2 unspecified atom stereocenters. The lowest BCUT2D eigenvalue weighted by atomic mass is 9.91. The van der Waals surface area contributed by atoms with Gasteiger partial charge in [0.25, 0.3) is 0 Å². The maximum atomic E-state index is 5.74. The van der Waals surface area contributed by atoms with Gasteiger partial charge in [0, 0.05) is 17.2 Å². The number of rotatable bonds is 1. The molecule has 0 bridgehead atoms. The lowest BCUT2D eigenvalue weighted by molar-refractivity contribution is 0.399. The number of nitrogens with zero attached hydrogens (tertiary/aromatic N) is 3. The summed E-state index contributed by atoms with van der Waals surface area (Å²) in [6.45, 7) is 4.50. The van der Waals surface area contributed by atoms with Crippen molar-refractivity contribution in [2.24, 2.45) is 5.73 Å². The Morgan fingerprint density at radius 3 is 3.05 bits per heavy atom. The van der Waals surface area contributed by atoms with Crippen molar-refractivity contribution in [3.63, 3.8) is 0 Å². The van der Waals surface area contributed by atoms with E-state index in [1.165, 1.54) is 0 Å². The van der Waals surface area contributed by atoms with Gasteiger partial charge < -0.3 is 5.73 Å². The van der Waals surface area contributed by atoms with E-state index in [2.05, 4.69) is 34.3 Å². The third kappa shape index (κ3) is 1.10. The zero-order valence-electron chi connectivity index (χ0n) is 11.1. The first kappa shape index (κ1) is 11.0. The molecule has 3 N–H and O–H groups in total. The second-order valence-corrected chi connectivity index (χ2v) is 5.77. The van der Waals surface area contributed by atoms with Crippen molar-refractivity contribution in [2.75, 3.05) is 5.01 Å². The van der Waals surface area contributed by atoms with Crippen LogP contribution in [0.1, 0.15) is 38.1 Å². The number of fused-ring (bicyclic) bond motifs is 2. The van der Waals surface area contributed by atoms with E-state index in [1.807, 2.05) is 12.2 Å². The Bertz CT molecular complexity index is 635. The number of aromatic nitrogens is 2. The van der Waals surface area contributed by atoms with Crippen molar-refractivity contribution in [1.29, 1.82) is 0 Å². The fraction of sp³-hybridized carbons (Fsp3) is 0.429. The van der Waals surface area contributed by atoms with E-state index in [1.54, 1.807) is 12.5 Å². The summed E-state index contributed by atoms with van der Waals surface area (Å²) < 4.78 is 0. The molecule has 98 valence electrons. The molecule has 1 fully saturated rings. The summed E-state index contributed by atoms with van der Waals surface area (Å²) in [6, 6.07) is 0. The molecule has 19 heavy (non-hydrogen) atoms. The van der Waals surface area contributed by atoms with Gasteiger partial charge in [0.1, 0.15) is 12.0 Å². The molecule has 0 radical (unpaired) electrons. The van der Waals surface area contributed by atoms with Crippen LogP contribution in [0.3, 0.4) is 0 Å². The van der Waals surface area contributed by atoms with E-state index in [9.17, 15) is 0 Å². The molecule has 5 heteroatoms. The first-order valence-corrected chi connectivity index (χ1v) is 6.68.